The number of carboxylic acid groups (broad SMARTS) is 1. The second kappa shape index (κ2) is 48.4. The third kappa shape index (κ3) is 48.9. The number of unbranched alkanes of at least 4 members (excludes halogenated alkanes) is 24. The topological polar surface area (TPSA) is 108 Å². The number of quaternary nitrogens is 1. The molecule has 9 heteroatoms. The number of hydrogen-bond acceptors (Lipinski definition) is 7. The van der Waals surface area contributed by atoms with Crippen LogP contribution in [0.25, 0.3) is 0 Å². The molecular formula is C57H102NO8+. The predicted molar refractivity (Wildman–Crippen MR) is 276 cm³/mol. The second-order valence-corrected chi connectivity index (χ2v) is 19.2. The van der Waals surface area contributed by atoms with Crippen LogP contribution in [0.15, 0.2) is 60.8 Å². The van der Waals surface area contributed by atoms with Gasteiger partial charge in [-0.3, -0.25) is 9.59 Å². The van der Waals surface area contributed by atoms with E-state index in [2.05, 4.69) is 74.6 Å². The average Bonchev–Trinajstić information content (AvgIpc) is 3.28. The summed E-state index contributed by atoms with van der Waals surface area (Å²) in [6.45, 7) is 4.71. The highest BCUT2D eigenvalue weighted by Crippen LogP contribution is 2.16. The Labute approximate surface area is 405 Å². The number of aliphatic carboxylic acids is 1. The van der Waals surface area contributed by atoms with Gasteiger partial charge in [-0.2, -0.15) is 0 Å². The van der Waals surface area contributed by atoms with Crippen LogP contribution >= 0.6 is 0 Å². The van der Waals surface area contributed by atoms with Crippen LogP contribution in [0, 0.1) is 0 Å². The van der Waals surface area contributed by atoms with Crippen LogP contribution in [0.4, 0.5) is 0 Å². The molecule has 0 radical (unpaired) electrons. The summed E-state index contributed by atoms with van der Waals surface area (Å²) in [6.07, 6.45) is 57.4. The molecule has 0 amide bonds. The third-order valence-corrected chi connectivity index (χ3v) is 11.5. The van der Waals surface area contributed by atoms with E-state index in [0.29, 0.717) is 23.9 Å². The zero-order valence-electron chi connectivity index (χ0n) is 43.3. The summed E-state index contributed by atoms with van der Waals surface area (Å²) in [5, 5.41) is 9.67. The minimum atomic E-state index is -1.53. The summed E-state index contributed by atoms with van der Waals surface area (Å²) in [5.41, 5.74) is 0. The lowest BCUT2D eigenvalue weighted by Gasteiger charge is -2.25. The molecule has 2 unspecified atom stereocenters. The van der Waals surface area contributed by atoms with E-state index in [1.165, 1.54) is 135 Å². The number of rotatable bonds is 49. The van der Waals surface area contributed by atoms with Gasteiger partial charge in [0.2, 0.25) is 0 Å². The van der Waals surface area contributed by atoms with E-state index in [4.69, 9.17) is 18.9 Å². The van der Waals surface area contributed by atoms with Gasteiger partial charge in [-0.05, 0) is 51.4 Å². The number of carboxylic acids is 1. The smallest absolute Gasteiger partial charge is 0.361 e. The largest absolute Gasteiger partial charge is 0.477 e. The fourth-order valence-corrected chi connectivity index (χ4v) is 7.40. The van der Waals surface area contributed by atoms with Gasteiger partial charge in [0.15, 0.2) is 6.10 Å². The number of allylic oxidation sites excluding steroid dienone is 10. The van der Waals surface area contributed by atoms with Crippen molar-refractivity contribution in [3.8, 4) is 0 Å². The first-order valence-corrected chi connectivity index (χ1v) is 27.0. The van der Waals surface area contributed by atoms with Gasteiger partial charge >= 0.3 is 17.9 Å². The van der Waals surface area contributed by atoms with Crippen molar-refractivity contribution in [2.24, 2.45) is 0 Å². The Morgan fingerprint density at radius 3 is 1.27 bits per heavy atom. The average molecular weight is 929 g/mol. The molecule has 0 saturated heterocycles. The SMILES string of the molecule is CC/C=C\C/C=C\C/C=C\C/C=C\C/C=C\CCCC(=O)OC(COC(=O)CCCCCCCCCCCCCCCCCCCCCCCCCC)COC(OCC[N+](C)(C)C)C(=O)O. The Balaban J connectivity index is 4.31. The fourth-order valence-electron chi connectivity index (χ4n) is 7.40. The molecule has 0 spiro atoms. The molecule has 0 fully saturated rings. The molecule has 0 bridgehead atoms. The lowest BCUT2D eigenvalue weighted by molar-refractivity contribution is -0.870. The first-order valence-electron chi connectivity index (χ1n) is 27.0. The van der Waals surface area contributed by atoms with Crippen LogP contribution in [-0.4, -0.2) is 87.4 Å². The lowest BCUT2D eigenvalue weighted by Crippen LogP contribution is -2.40. The van der Waals surface area contributed by atoms with Gasteiger partial charge in [-0.25, -0.2) is 4.79 Å². The number of esters is 2. The van der Waals surface area contributed by atoms with Gasteiger partial charge in [-0.1, -0.05) is 222 Å². The highest BCUT2D eigenvalue weighted by molar-refractivity contribution is 5.71. The molecule has 0 aromatic rings. The van der Waals surface area contributed by atoms with E-state index in [1.807, 2.05) is 21.1 Å². The number of likely N-dealkylation sites (N-methyl/N-ethyl adjacent to an activating group) is 1. The molecule has 0 aliphatic rings. The van der Waals surface area contributed by atoms with Crippen molar-refractivity contribution >= 4 is 17.9 Å². The molecule has 0 aliphatic heterocycles. The van der Waals surface area contributed by atoms with E-state index < -0.39 is 24.3 Å². The summed E-state index contributed by atoms with van der Waals surface area (Å²) in [5.74, 6) is -2.08. The molecular weight excluding hydrogens is 827 g/mol. The molecule has 0 aliphatic carbocycles. The maximum Gasteiger partial charge on any atom is 0.361 e. The normalized spacial score (nSPS) is 13.3. The molecule has 0 aromatic heterocycles. The number of ether oxygens (including phenoxy) is 4. The minimum absolute atomic E-state index is 0.176. The van der Waals surface area contributed by atoms with Crippen molar-refractivity contribution in [3.05, 3.63) is 60.8 Å². The summed E-state index contributed by atoms with van der Waals surface area (Å²) < 4.78 is 22.8. The van der Waals surface area contributed by atoms with Crippen LogP contribution in [0.5, 0.6) is 0 Å². The lowest BCUT2D eigenvalue weighted by atomic mass is 10.0. The minimum Gasteiger partial charge on any atom is -0.477 e. The maximum atomic E-state index is 12.8. The Kier molecular flexibility index (Phi) is 46.2. The highest BCUT2D eigenvalue weighted by atomic mass is 16.7. The van der Waals surface area contributed by atoms with Gasteiger partial charge in [0, 0.05) is 12.8 Å². The molecule has 0 saturated carbocycles. The van der Waals surface area contributed by atoms with Gasteiger partial charge < -0.3 is 28.5 Å². The van der Waals surface area contributed by atoms with Crippen molar-refractivity contribution in [2.45, 2.75) is 238 Å². The Bertz CT molecular complexity index is 1270. The molecule has 9 nitrogen and oxygen atoms in total. The standard InChI is InChI=1S/C57H101NO8/c1-6-8-10-12-14-16-18-20-22-24-25-26-27-28-29-30-32-33-35-37-39-41-43-45-47-54(59)64-51-53(52-65-57(56(61)62)63-50-49-58(3,4)5)66-55(60)48-46-44-42-40-38-36-34-31-23-21-19-17-15-13-11-9-7-2/h9,11,15,17,21,23,34,36,40,42,53,57H,6-8,10,12-14,16,18-20,22,24-33,35,37-39,41,43-52H2,1-5H3/p+1/b11-9-,17-15-,23-21-,36-34-,42-40-. The van der Waals surface area contributed by atoms with Gasteiger partial charge in [0.1, 0.15) is 13.2 Å². The van der Waals surface area contributed by atoms with Crippen LogP contribution in [0.2, 0.25) is 0 Å². The second-order valence-electron chi connectivity index (χ2n) is 19.2. The number of hydrogen-bond donors (Lipinski definition) is 1. The van der Waals surface area contributed by atoms with E-state index in [9.17, 15) is 19.5 Å². The van der Waals surface area contributed by atoms with Crippen molar-refractivity contribution in [3.63, 3.8) is 0 Å². The quantitative estimate of drug-likeness (QED) is 0.0211. The summed E-state index contributed by atoms with van der Waals surface area (Å²) >= 11 is 0. The molecule has 2 atom stereocenters. The molecule has 1 N–H and O–H groups in total. The van der Waals surface area contributed by atoms with E-state index in [0.717, 1.165) is 57.8 Å². The maximum absolute atomic E-state index is 12.8. The molecule has 382 valence electrons. The molecule has 66 heavy (non-hydrogen) atoms. The van der Waals surface area contributed by atoms with Crippen LogP contribution in [0.1, 0.15) is 226 Å². The van der Waals surface area contributed by atoms with Crippen LogP contribution in [-0.2, 0) is 33.3 Å². The van der Waals surface area contributed by atoms with Gasteiger partial charge in [-0.15, -0.1) is 0 Å². The van der Waals surface area contributed by atoms with Crippen molar-refractivity contribution < 1.29 is 42.9 Å². The van der Waals surface area contributed by atoms with Crippen molar-refractivity contribution in [2.75, 3.05) is 47.5 Å². The first kappa shape index (κ1) is 63.0. The monoisotopic (exact) mass is 929 g/mol. The molecule has 0 aromatic carbocycles. The Morgan fingerprint density at radius 2 is 0.864 bits per heavy atom. The Hall–Kier alpha value is -3.01. The summed E-state index contributed by atoms with van der Waals surface area (Å²) in [4.78, 5) is 37.3. The molecule has 0 heterocycles. The fraction of sp³-hybridized carbons (Fsp3) is 0.772. The highest BCUT2D eigenvalue weighted by Gasteiger charge is 2.25. The third-order valence-electron chi connectivity index (χ3n) is 11.5. The van der Waals surface area contributed by atoms with Crippen LogP contribution < -0.4 is 0 Å². The van der Waals surface area contributed by atoms with Crippen LogP contribution in [0.3, 0.4) is 0 Å². The number of carbonyl (C=O) groups excluding carboxylic acids is 2. The zero-order valence-corrected chi connectivity index (χ0v) is 43.3. The van der Waals surface area contributed by atoms with E-state index in [-0.39, 0.29) is 32.2 Å². The zero-order chi connectivity index (χ0) is 48.4. The van der Waals surface area contributed by atoms with Gasteiger partial charge in [0.05, 0.1) is 34.4 Å². The number of nitrogens with zero attached hydrogens (tertiary/aromatic N) is 1. The van der Waals surface area contributed by atoms with Crippen molar-refractivity contribution in [1.82, 2.24) is 0 Å². The number of carbonyl (C=O) groups is 3. The summed E-state index contributed by atoms with van der Waals surface area (Å²) in [6, 6.07) is 0. The van der Waals surface area contributed by atoms with Gasteiger partial charge in [0.25, 0.3) is 6.29 Å². The summed E-state index contributed by atoms with van der Waals surface area (Å²) in [7, 11) is 5.94. The molecule has 0 rings (SSSR count). The first-order chi connectivity index (χ1) is 32.1. The van der Waals surface area contributed by atoms with E-state index >= 15 is 0 Å². The van der Waals surface area contributed by atoms with Crippen molar-refractivity contribution in [1.29, 1.82) is 0 Å². The Morgan fingerprint density at radius 1 is 0.470 bits per heavy atom. The van der Waals surface area contributed by atoms with E-state index in [1.54, 1.807) is 0 Å². The predicted octanol–water partition coefficient (Wildman–Crippen LogP) is 15.3.